The first-order chi connectivity index (χ1) is 13.2. The van der Waals surface area contributed by atoms with E-state index in [2.05, 4.69) is 5.16 Å². The van der Waals surface area contributed by atoms with E-state index in [1.54, 1.807) is 43.5 Å². The number of hydrogen-bond donors (Lipinski definition) is 0. The average molecular weight is 359 g/mol. The van der Waals surface area contributed by atoms with Crippen molar-refractivity contribution in [2.24, 2.45) is 0 Å². The number of methoxy groups -OCH3 is 1. The molecule has 5 nitrogen and oxygen atoms in total. The molecule has 0 aliphatic rings. The molecule has 0 aliphatic heterocycles. The molecule has 4 aromatic rings. The molecule has 0 fully saturated rings. The van der Waals surface area contributed by atoms with Gasteiger partial charge in [0.05, 0.1) is 18.4 Å². The molecule has 134 valence electrons. The van der Waals surface area contributed by atoms with E-state index in [0.29, 0.717) is 23.3 Å². The Hall–Kier alpha value is -3.60. The number of carbonyl (C=O) groups excluding carboxylic acids is 1. The summed E-state index contributed by atoms with van der Waals surface area (Å²) in [4.78, 5) is 12.2. The molecule has 0 aliphatic carbocycles. The molecule has 0 saturated carbocycles. The minimum Gasteiger partial charge on any atom is -0.496 e. The van der Waals surface area contributed by atoms with Gasteiger partial charge in [-0.3, -0.25) is 0 Å². The van der Waals surface area contributed by atoms with E-state index in [0.717, 1.165) is 22.4 Å². The van der Waals surface area contributed by atoms with Crippen LogP contribution in [-0.2, 0) is 6.42 Å². The molecular formula is C22H17NO4. The molecule has 0 radical (unpaired) electrons. The van der Waals surface area contributed by atoms with Crippen molar-refractivity contribution in [2.75, 3.05) is 7.11 Å². The number of hydrogen-bond acceptors (Lipinski definition) is 5. The molecule has 0 atom stereocenters. The van der Waals surface area contributed by atoms with Crippen molar-refractivity contribution in [2.45, 2.75) is 6.42 Å². The highest BCUT2D eigenvalue weighted by atomic mass is 16.5. The average Bonchev–Trinajstić information content (AvgIpc) is 3.11. The summed E-state index contributed by atoms with van der Waals surface area (Å²) in [7, 11) is 1.65. The van der Waals surface area contributed by atoms with Gasteiger partial charge in [0.15, 0.2) is 5.58 Å². The maximum Gasteiger partial charge on any atom is 0.343 e. The van der Waals surface area contributed by atoms with Gasteiger partial charge in [-0.2, -0.15) is 0 Å². The lowest BCUT2D eigenvalue weighted by molar-refractivity contribution is 0.0735. The number of rotatable bonds is 5. The van der Waals surface area contributed by atoms with Gasteiger partial charge in [-0.1, -0.05) is 41.6 Å². The van der Waals surface area contributed by atoms with Gasteiger partial charge in [-0.05, 0) is 30.3 Å². The summed E-state index contributed by atoms with van der Waals surface area (Å²) in [5.41, 5.74) is 2.88. The van der Waals surface area contributed by atoms with Crippen LogP contribution in [0.1, 0.15) is 21.6 Å². The highest BCUT2D eigenvalue weighted by molar-refractivity contribution is 5.91. The molecule has 0 N–H and O–H groups in total. The first-order valence-corrected chi connectivity index (χ1v) is 8.52. The fourth-order valence-electron chi connectivity index (χ4n) is 2.93. The normalized spacial score (nSPS) is 10.7. The van der Waals surface area contributed by atoms with Gasteiger partial charge in [0.25, 0.3) is 0 Å². The Labute approximate surface area is 156 Å². The maximum atomic E-state index is 12.2. The van der Waals surface area contributed by atoms with Gasteiger partial charge in [0.2, 0.25) is 0 Å². The van der Waals surface area contributed by atoms with Gasteiger partial charge in [-0.15, -0.1) is 0 Å². The summed E-state index contributed by atoms with van der Waals surface area (Å²) < 4.78 is 16.3. The van der Waals surface area contributed by atoms with Crippen LogP contribution in [0, 0.1) is 0 Å². The number of nitrogens with zero attached hydrogens (tertiary/aromatic N) is 1. The fourth-order valence-corrected chi connectivity index (χ4v) is 2.93. The topological polar surface area (TPSA) is 61.6 Å². The zero-order chi connectivity index (χ0) is 18.6. The van der Waals surface area contributed by atoms with Gasteiger partial charge in [-0.25, -0.2) is 4.79 Å². The minimum atomic E-state index is -0.413. The second kappa shape index (κ2) is 7.33. The van der Waals surface area contributed by atoms with Crippen molar-refractivity contribution in [1.29, 1.82) is 0 Å². The van der Waals surface area contributed by atoms with E-state index in [1.165, 1.54) is 0 Å². The third kappa shape index (κ3) is 3.53. The van der Waals surface area contributed by atoms with Crippen molar-refractivity contribution >= 4 is 16.9 Å². The third-order valence-electron chi connectivity index (χ3n) is 4.29. The number of benzene rings is 3. The van der Waals surface area contributed by atoms with E-state index >= 15 is 0 Å². The first kappa shape index (κ1) is 16.8. The Morgan fingerprint density at radius 1 is 1.00 bits per heavy atom. The van der Waals surface area contributed by atoms with E-state index in [1.807, 2.05) is 36.4 Å². The zero-order valence-electron chi connectivity index (χ0n) is 14.7. The predicted octanol–water partition coefficient (Wildman–Crippen LogP) is 4.65. The van der Waals surface area contributed by atoms with Crippen molar-refractivity contribution in [1.82, 2.24) is 5.16 Å². The molecule has 5 heteroatoms. The molecule has 0 bridgehead atoms. The number of ether oxygens (including phenoxy) is 2. The summed E-state index contributed by atoms with van der Waals surface area (Å²) >= 11 is 0. The number of esters is 1. The lowest BCUT2D eigenvalue weighted by atomic mass is 10.1. The quantitative estimate of drug-likeness (QED) is 0.383. The molecule has 0 unspecified atom stereocenters. The summed E-state index contributed by atoms with van der Waals surface area (Å²) in [6, 6.07) is 21.9. The predicted molar refractivity (Wildman–Crippen MR) is 101 cm³/mol. The molecule has 0 saturated heterocycles. The first-order valence-electron chi connectivity index (χ1n) is 8.52. The van der Waals surface area contributed by atoms with Crippen molar-refractivity contribution < 1.29 is 18.8 Å². The van der Waals surface area contributed by atoms with E-state index < -0.39 is 5.97 Å². The second-order valence-electron chi connectivity index (χ2n) is 6.03. The number of aromatic nitrogens is 1. The SMILES string of the molecule is COc1ccccc1Cc1noc2cc(OC(=O)c3ccccc3)ccc12. The van der Waals surface area contributed by atoms with E-state index in [9.17, 15) is 4.79 Å². The van der Waals surface area contributed by atoms with Gasteiger partial charge >= 0.3 is 5.97 Å². The number of fused-ring (bicyclic) bond motifs is 1. The van der Waals surface area contributed by atoms with Crippen molar-refractivity contribution in [3.63, 3.8) is 0 Å². The highest BCUT2D eigenvalue weighted by Crippen LogP contribution is 2.28. The molecule has 0 spiro atoms. The van der Waals surface area contributed by atoms with Crippen LogP contribution in [0.2, 0.25) is 0 Å². The number of carbonyl (C=O) groups is 1. The standard InChI is InChI=1S/C22H17NO4/c1-25-20-10-6-5-9-16(20)13-19-18-12-11-17(14-21(18)27-23-19)26-22(24)15-7-3-2-4-8-15/h2-12,14H,13H2,1H3. The minimum absolute atomic E-state index is 0.413. The van der Waals surface area contributed by atoms with Gasteiger partial charge in [0, 0.05) is 23.4 Å². The van der Waals surface area contributed by atoms with Crippen LogP contribution < -0.4 is 9.47 Å². The van der Waals surface area contributed by atoms with Crippen LogP contribution in [-0.4, -0.2) is 18.2 Å². The van der Waals surface area contributed by atoms with E-state index in [-0.39, 0.29) is 0 Å². The largest absolute Gasteiger partial charge is 0.496 e. The molecule has 0 amide bonds. The highest BCUT2D eigenvalue weighted by Gasteiger charge is 2.14. The van der Waals surface area contributed by atoms with Crippen LogP contribution in [0.3, 0.4) is 0 Å². The molecular weight excluding hydrogens is 342 g/mol. The zero-order valence-corrected chi connectivity index (χ0v) is 14.7. The summed E-state index contributed by atoms with van der Waals surface area (Å²) in [6.45, 7) is 0. The summed E-state index contributed by atoms with van der Waals surface area (Å²) in [6.07, 6.45) is 0.583. The Kier molecular flexibility index (Phi) is 4.58. The van der Waals surface area contributed by atoms with Crippen LogP contribution in [0.4, 0.5) is 0 Å². The lowest BCUT2D eigenvalue weighted by Crippen LogP contribution is -2.07. The molecule has 3 aromatic carbocycles. The van der Waals surface area contributed by atoms with E-state index in [4.69, 9.17) is 14.0 Å². The van der Waals surface area contributed by atoms with Gasteiger partial charge < -0.3 is 14.0 Å². The van der Waals surface area contributed by atoms with Crippen molar-refractivity contribution in [3.05, 3.63) is 89.6 Å². The number of para-hydroxylation sites is 1. The van der Waals surface area contributed by atoms with Crippen LogP contribution in [0.5, 0.6) is 11.5 Å². The summed E-state index contributed by atoms with van der Waals surface area (Å²) in [5, 5.41) is 5.05. The van der Waals surface area contributed by atoms with Crippen LogP contribution in [0.15, 0.2) is 77.3 Å². The lowest BCUT2D eigenvalue weighted by Gasteiger charge is -2.06. The monoisotopic (exact) mass is 359 g/mol. The fraction of sp³-hybridized carbons (Fsp3) is 0.0909. The second-order valence-corrected chi connectivity index (χ2v) is 6.03. The molecule has 1 aromatic heterocycles. The Morgan fingerprint density at radius 3 is 2.59 bits per heavy atom. The van der Waals surface area contributed by atoms with Crippen molar-refractivity contribution in [3.8, 4) is 11.5 Å². The Morgan fingerprint density at radius 2 is 1.78 bits per heavy atom. The molecule has 27 heavy (non-hydrogen) atoms. The summed E-state index contributed by atoms with van der Waals surface area (Å²) in [5.74, 6) is 0.808. The molecule has 4 rings (SSSR count). The smallest absolute Gasteiger partial charge is 0.343 e. The van der Waals surface area contributed by atoms with Gasteiger partial charge in [0.1, 0.15) is 11.5 Å². The Bertz CT molecular complexity index is 1090. The Balaban J connectivity index is 1.57. The van der Waals surface area contributed by atoms with Crippen LogP contribution in [0.25, 0.3) is 11.0 Å². The van der Waals surface area contributed by atoms with Crippen LogP contribution >= 0.6 is 0 Å². The molecule has 1 heterocycles. The third-order valence-corrected chi connectivity index (χ3v) is 4.29. The maximum absolute atomic E-state index is 12.2.